The molecule has 0 aromatic heterocycles. The summed E-state index contributed by atoms with van der Waals surface area (Å²) < 4.78 is 0. The van der Waals surface area contributed by atoms with Gasteiger partial charge in [0.15, 0.2) is 0 Å². The van der Waals surface area contributed by atoms with Crippen molar-refractivity contribution in [1.29, 1.82) is 0 Å². The molecule has 1 aromatic rings. The van der Waals surface area contributed by atoms with Crippen molar-refractivity contribution in [3.63, 3.8) is 0 Å². The smallest absolute Gasteiger partial charge is 0.325 e. The van der Waals surface area contributed by atoms with E-state index in [-0.39, 0.29) is 24.4 Å². The number of hydrogen-bond acceptors (Lipinski definition) is 3. The summed E-state index contributed by atoms with van der Waals surface area (Å²) in [6.45, 7) is 4.45. The van der Waals surface area contributed by atoms with Crippen LogP contribution in [0.4, 0.5) is 4.79 Å². The number of nitrogens with one attached hydrogen (secondary N) is 1. The molecule has 0 spiro atoms. The van der Waals surface area contributed by atoms with E-state index in [0.29, 0.717) is 13.0 Å². The maximum Gasteiger partial charge on any atom is 0.325 e. The molecular weight excluding hydrogens is 366 g/mol. The minimum Gasteiger partial charge on any atom is -0.338 e. The van der Waals surface area contributed by atoms with Gasteiger partial charge < -0.3 is 10.2 Å². The summed E-state index contributed by atoms with van der Waals surface area (Å²) >= 11 is 0. The zero-order valence-corrected chi connectivity index (χ0v) is 17.7. The molecule has 1 aromatic carbocycles. The number of benzene rings is 1. The molecule has 1 atom stereocenters. The number of rotatable bonds is 8. The van der Waals surface area contributed by atoms with E-state index in [2.05, 4.69) is 12.2 Å². The Bertz CT molecular complexity index is 730. The zero-order valence-electron chi connectivity index (χ0n) is 17.7. The molecule has 1 heterocycles. The Morgan fingerprint density at radius 3 is 2.45 bits per heavy atom. The molecule has 3 rings (SSSR count). The van der Waals surface area contributed by atoms with E-state index >= 15 is 0 Å². The van der Waals surface area contributed by atoms with Crippen LogP contribution in [0.1, 0.15) is 70.8 Å². The van der Waals surface area contributed by atoms with Crippen molar-refractivity contribution in [2.75, 3.05) is 13.1 Å². The van der Waals surface area contributed by atoms with E-state index in [1.54, 1.807) is 0 Å². The van der Waals surface area contributed by atoms with Crippen molar-refractivity contribution in [2.24, 2.45) is 0 Å². The van der Waals surface area contributed by atoms with Gasteiger partial charge in [0.05, 0.1) is 0 Å². The van der Waals surface area contributed by atoms with Crippen molar-refractivity contribution in [1.82, 2.24) is 15.1 Å². The van der Waals surface area contributed by atoms with E-state index in [0.717, 1.165) is 49.0 Å². The molecule has 1 saturated carbocycles. The average molecular weight is 400 g/mol. The molecule has 6 nitrogen and oxygen atoms in total. The molecule has 29 heavy (non-hydrogen) atoms. The third kappa shape index (κ3) is 4.31. The van der Waals surface area contributed by atoms with E-state index in [1.807, 2.05) is 42.2 Å². The predicted molar refractivity (Wildman–Crippen MR) is 112 cm³/mol. The minimum absolute atomic E-state index is 0.137. The molecule has 2 fully saturated rings. The highest BCUT2D eigenvalue weighted by molar-refractivity contribution is 6.09. The largest absolute Gasteiger partial charge is 0.338 e. The highest BCUT2D eigenvalue weighted by Crippen LogP contribution is 2.34. The fourth-order valence-electron chi connectivity index (χ4n) is 4.70. The van der Waals surface area contributed by atoms with Crippen molar-refractivity contribution in [3.05, 3.63) is 35.9 Å². The van der Waals surface area contributed by atoms with Crippen LogP contribution < -0.4 is 5.32 Å². The molecule has 0 radical (unpaired) electrons. The van der Waals surface area contributed by atoms with Crippen LogP contribution in [0.5, 0.6) is 0 Å². The number of hydrogen-bond donors (Lipinski definition) is 1. The summed E-state index contributed by atoms with van der Waals surface area (Å²) in [4.78, 5) is 42.2. The Labute approximate surface area is 173 Å². The Morgan fingerprint density at radius 1 is 1.14 bits per heavy atom. The normalized spacial score (nSPS) is 22.6. The lowest BCUT2D eigenvalue weighted by Crippen LogP contribution is -2.48. The van der Waals surface area contributed by atoms with Crippen LogP contribution in [-0.4, -0.2) is 46.8 Å². The molecule has 1 aliphatic heterocycles. The van der Waals surface area contributed by atoms with Gasteiger partial charge in [-0.25, -0.2) is 4.79 Å². The number of carbonyl (C=O) groups is 3. The van der Waals surface area contributed by atoms with Crippen molar-refractivity contribution < 1.29 is 14.4 Å². The Kier molecular flexibility index (Phi) is 6.93. The van der Waals surface area contributed by atoms with Gasteiger partial charge in [0.2, 0.25) is 5.91 Å². The number of unbranched alkanes of at least 4 members (excludes halogenated alkanes) is 1. The lowest BCUT2D eigenvalue weighted by atomic mass is 9.85. The highest BCUT2D eigenvalue weighted by atomic mass is 16.2. The molecule has 1 unspecified atom stereocenters. The lowest BCUT2D eigenvalue weighted by molar-refractivity contribution is -0.141. The van der Waals surface area contributed by atoms with Crippen LogP contribution in [0.2, 0.25) is 0 Å². The lowest BCUT2D eigenvalue weighted by Gasteiger charge is -2.34. The van der Waals surface area contributed by atoms with Crippen LogP contribution in [0, 0.1) is 0 Å². The van der Waals surface area contributed by atoms with Gasteiger partial charge in [0, 0.05) is 12.6 Å². The summed E-state index contributed by atoms with van der Waals surface area (Å²) in [5.41, 5.74) is -0.294. The third-order valence-corrected chi connectivity index (χ3v) is 6.32. The highest BCUT2D eigenvalue weighted by Gasteiger charge is 2.52. The van der Waals surface area contributed by atoms with E-state index in [1.165, 1.54) is 6.42 Å². The van der Waals surface area contributed by atoms with Crippen LogP contribution in [-0.2, 0) is 15.1 Å². The van der Waals surface area contributed by atoms with Gasteiger partial charge in [0.25, 0.3) is 5.91 Å². The monoisotopic (exact) mass is 399 g/mol. The molecule has 2 aliphatic rings. The number of carbonyl (C=O) groups excluding carboxylic acids is 3. The summed E-state index contributed by atoms with van der Waals surface area (Å²) in [6.07, 6.45) is 7.74. The fraction of sp³-hybridized carbons (Fsp3) is 0.609. The van der Waals surface area contributed by atoms with Gasteiger partial charge in [-0.2, -0.15) is 0 Å². The van der Waals surface area contributed by atoms with Gasteiger partial charge in [-0.1, -0.05) is 69.4 Å². The molecule has 4 amide bonds. The first-order chi connectivity index (χ1) is 14.0. The van der Waals surface area contributed by atoms with Crippen molar-refractivity contribution in [3.8, 4) is 0 Å². The number of urea groups is 1. The average Bonchev–Trinajstić information content (AvgIpc) is 2.99. The SMILES string of the molecule is CCCCC1(c2ccccc2)NC(=O)N(CC(=O)N(CC)C2CCCCC2)C1=O. The van der Waals surface area contributed by atoms with Gasteiger partial charge in [-0.05, 0) is 31.7 Å². The first-order valence-corrected chi connectivity index (χ1v) is 11.0. The molecule has 1 N–H and O–H groups in total. The number of amides is 4. The molecule has 1 saturated heterocycles. The summed E-state index contributed by atoms with van der Waals surface area (Å²) in [6, 6.07) is 9.14. The number of imide groups is 1. The van der Waals surface area contributed by atoms with Gasteiger partial charge in [-0.3, -0.25) is 14.5 Å². The summed E-state index contributed by atoms with van der Waals surface area (Å²) in [7, 11) is 0. The number of nitrogens with zero attached hydrogens (tertiary/aromatic N) is 2. The maximum atomic E-state index is 13.4. The maximum absolute atomic E-state index is 13.4. The third-order valence-electron chi connectivity index (χ3n) is 6.32. The second-order valence-electron chi connectivity index (χ2n) is 8.17. The Hall–Kier alpha value is -2.37. The van der Waals surface area contributed by atoms with E-state index in [9.17, 15) is 14.4 Å². The van der Waals surface area contributed by atoms with Crippen LogP contribution >= 0.6 is 0 Å². The van der Waals surface area contributed by atoms with Crippen LogP contribution in [0.15, 0.2) is 30.3 Å². The van der Waals surface area contributed by atoms with E-state index in [4.69, 9.17) is 0 Å². The minimum atomic E-state index is -1.07. The standard InChI is InChI=1S/C23H33N3O3/c1-3-5-16-23(18-12-8-6-9-13-18)21(28)26(22(29)24-23)17-20(27)25(4-2)19-14-10-7-11-15-19/h6,8-9,12-13,19H,3-5,7,10-11,14-17H2,1-2H3,(H,24,29). The number of likely N-dealkylation sites (N-methyl/N-ethyl adjacent to an activating group) is 1. The zero-order chi connectivity index (χ0) is 20.9. The molecule has 1 aliphatic carbocycles. The van der Waals surface area contributed by atoms with Gasteiger partial charge in [-0.15, -0.1) is 0 Å². The Morgan fingerprint density at radius 2 is 1.83 bits per heavy atom. The van der Waals surface area contributed by atoms with Crippen molar-refractivity contribution in [2.45, 2.75) is 76.8 Å². The van der Waals surface area contributed by atoms with Gasteiger partial charge in [0.1, 0.15) is 12.1 Å². The fourth-order valence-corrected chi connectivity index (χ4v) is 4.70. The quantitative estimate of drug-likeness (QED) is 0.676. The first kappa shape index (κ1) is 21.3. The topological polar surface area (TPSA) is 69.7 Å². The second kappa shape index (κ2) is 9.42. The first-order valence-electron chi connectivity index (χ1n) is 11.0. The second-order valence-corrected chi connectivity index (χ2v) is 8.17. The summed E-state index contributed by atoms with van der Waals surface area (Å²) in [5.74, 6) is -0.447. The van der Waals surface area contributed by atoms with E-state index < -0.39 is 11.6 Å². The predicted octanol–water partition coefficient (Wildman–Crippen LogP) is 3.81. The van der Waals surface area contributed by atoms with Crippen molar-refractivity contribution >= 4 is 17.8 Å². The van der Waals surface area contributed by atoms with Gasteiger partial charge >= 0.3 is 6.03 Å². The Balaban J connectivity index is 1.80. The van der Waals surface area contributed by atoms with Crippen LogP contribution in [0.3, 0.4) is 0 Å². The molecule has 6 heteroatoms. The summed E-state index contributed by atoms with van der Waals surface area (Å²) in [5, 5.41) is 2.93. The molecular formula is C23H33N3O3. The molecule has 158 valence electrons. The molecule has 0 bridgehead atoms. The van der Waals surface area contributed by atoms with Crippen LogP contribution in [0.25, 0.3) is 0 Å².